The van der Waals surface area contributed by atoms with Gasteiger partial charge in [-0.1, -0.05) is 42.0 Å². The zero-order chi connectivity index (χ0) is 28.7. The molecular weight excluding hydrogens is 602 g/mol. The van der Waals surface area contributed by atoms with E-state index in [4.69, 9.17) is 4.74 Å². The van der Waals surface area contributed by atoms with Crippen molar-refractivity contribution in [2.75, 3.05) is 7.11 Å². The van der Waals surface area contributed by atoms with E-state index in [1.165, 1.54) is 36.9 Å². The van der Waals surface area contributed by atoms with Gasteiger partial charge < -0.3 is 4.74 Å². The molecule has 6 aromatic rings. The Kier molecular flexibility index (Phi) is 7.63. The van der Waals surface area contributed by atoms with Crippen LogP contribution in [0.4, 0.5) is 13.2 Å². The molecule has 0 saturated heterocycles. The number of alkyl halides is 3. The van der Waals surface area contributed by atoms with Crippen LogP contribution < -0.4 is 4.74 Å². The normalized spacial score (nSPS) is 11.8. The number of rotatable bonds is 8. The molecule has 0 saturated carbocycles. The Hall–Kier alpha value is -3.24. The number of hydrogen-bond acceptors (Lipinski definition) is 6. The highest BCUT2D eigenvalue weighted by Crippen LogP contribution is 2.42. The lowest BCUT2D eigenvalue weighted by Gasteiger charge is -2.06. The van der Waals surface area contributed by atoms with Crippen molar-refractivity contribution >= 4 is 61.0 Å². The third-order valence-corrected chi connectivity index (χ3v) is 11.4. The first-order chi connectivity index (χ1) is 19.7. The molecule has 4 heterocycles. The maximum atomic E-state index is 13.0. The number of thiophene rings is 4. The summed E-state index contributed by atoms with van der Waals surface area (Å²) in [5.74, 6) is 0.741. The maximum absolute atomic E-state index is 13.0. The lowest BCUT2D eigenvalue weighted by atomic mass is 10.1. The molecule has 208 valence electrons. The lowest BCUT2D eigenvalue weighted by Crippen LogP contribution is -2.03. The number of carbonyl (C=O) groups is 1. The van der Waals surface area contributed by atoms with Gasteiger partial charge in [0.15, 0.2) is 6.29 Å². The number of fused-ring (bicyclic) bond motifs is 1. The third kappa shape index (κ3) is 5.90. The molecule has 0 aliphatic rings. The van der Waals surface area contributed by atoms with Gasteiger partial charge in [-0.2, -0.15) is 13.2 Å². The van der Waals surface area contributed by atoms with E-state index in [0.29, 0.717) is 6.42 Å². The third-order valence-electron chi connectivity index (χ3n) is 6.77. The molecule has 0 aliphatic carbocycles. The van der Waals surface area contributed by atoms with Gasteiger partial charge >= 0.3 is 6.18 Å². The fourth-order valence-electron chi connectivity index (χ4n) is 4.64. The number of methoxy groups -OCH3 is 1. The number of halogens is 3. The van der Waals surface area contributed by atoms with Gasteiger partial charge in [-0.25, -0.2) is 0 Å². The number of aryl methyl sites for hydroxylation is 1. The minimum Gasteiger partial charge on any atom is -0.496 e. The molecule has 0 spiro atoms. The molecule has 0 amide bonds. The molecule has 0 fully saturated rings. The second kappa shape index (κ2) is 11.2. The van der Waals surface area contributed by atoms with Crippen LogP contribution in [0.2, 0.25) is 0 Å². The van der Waals surface area contributed by atoms with Crippen LogP contribution in [0.1, 0.15) is 41.0 Å². The van der Waals surface area contributed by atoms with Crippen molar-refractivity contribution < 1.29 is 22.7 Å². The van der Waals surface area contributed by atoms with Gasteiger partial charge in [0, 0.05) is 52.2 Å². The summed E-state index contributed by atoms with van der Waals surface area (Å²) in [6.07, 6.45) is -1.99. The van der Waals surface area contributed by atoms with Crippen LogP contribution in [0, 0.1) is 6.92 Å². The Morgan fingerprint density at radius 1 is 0.732 bits per heavy atom. The van der Waals surface area contributed by atoms with E-state index in [0.717, 1.165) is 66.8 Å². The molecule has 41 heavy (non-hydrogen) atoms. The molecule has 2 nitrogen and oxygen atoms in total. The molecule has 6 rings (SSSR count). The summed E-state index contributed by atoms with van der Waals surface area (Å²) in [6, 6.07) is 21.9. The van der Waals surface area contributed by atoms with Gasteiger partial charge in [-0.15, -0.1) is 45.3 Å². The monoisotopic (exact) mass is 624 g/mol. The van der Waals surface area contributed by atoms with Gasteiger partial charge in [-0.3, -0.25) is 4.79 Å². The Bertz CT molecular complexity index is 1800. The van der Waals surface area contributed by atoms with Crippen LogP contribution in [-0.4, -0.2) is 13.4 Å². The largest absolute Gasteiger partial charge is 0.496 e. The van der Waals surface area contributed by atoms with Gasteiger partial charge in [-0.05, 0) is 54.4 Å². The van der Waals surface area contributed by atoms with Crippen molar-refractivity contribution in [1.82, 2.24) is 0 Å². The predicted molar refractivity (Wildman–Crippen MR) is 167 cm³/mol. The van der Waals surface area contributed by atoms with Crippen LogP contribution in [0.15, 0.2) is 72.8 Å². The zero-order valence-electron chi connectivity index (χ0n) is 22.0. The standard InChI is InChI=1S/C32H23F3O2S4/c1-18-3-5-19(6-4-18)26-11-21(17-36)27(40-26)12-23-14-30-31(38-23)15-24(39-30)13-29-25(37-2)16-28(41-29)20-7-9-22(10-8-20)32(33,34)35/h3-11,14-17H,12-13H2,1-2H3. The molecule has 4 aromatic heterocycles. The maximum Gasteiger partial charge on any atom is 0.416 e. The number of aldehydes is 1. The fourth-order valence-corrected chi connectivity index (χ4v) is 9.61. The van der Waals surface area contributed by atoms with Crippen molar-refractivity contribution in [3.63, 3.8) is 0 Å². The summed E-state index contributed by atoms with van der Waals surface area (Å²) in [6.45, 7) is 2.06. The van der Waals surface area contributed by atoms with Gasteiger partial charge in [0.2, 0.25) is 0 Å². The second-order valence-electron chi connectivity index (χ2n) is 9.66. The molecule has 0 atom stereocenters. The van der Waals surface area contributed by atoms with E-state index in [2.05, 4.69) is 43.3 Å². The summed E-state index contributed by atoms with van der Waals surface area (Å²) in [5, 5.41) is 0. The number of hydrogen-bond donors (Lipinski definition) is 0. The van der Waals surface area contributed by atoms with E-state index in [-0.39, 0.29) is 0 Å². The quantitative estimate of drug-likeness (QED) is 0.158. The van der Waals surface area contributed by atoms with Gasteiger partial charge in [0.05, 0.1) is 17.6 Å². The smallest absolute Gasteiger partial charge is 0.416 e. The lowest BCUT2D eigenvalue weighted by molar-refractivity contribution is -0.137. The predicted octanol–water partition coefficient (Wildman–Crippen LogP) is 10.7. The highest BCUT2D eigenvalue weighted by atomic mass is 32.1. The Morgan fingerprint density at radius 3 is 1.83 bits per heavy atom. The molecule has 0 aliphatic heterocycles. The van der Waals surface area contributed by atoms with Crippen molar-refractivity contribution in [3.05, 3.63) is 109 Å². The first-order valence-corrected chi connectivity index (χ1v) is 16.0. The minimum absolute atomic E-state index is 0.656. The van der Waals surface area contributed by atoms with Crippen molar-refractivity contribution in [2.45, 2.75) is 25.9 Å². The topological polar surface area (TPSA) is 26.3 Å². The molecule has 0 bridgehead atoms. The summed E-state index contributed by atoms with van der Waals surface area (Å²) in [5.41, 5.74) is 3.15. The molecule has 9 heteroatoms. The molecule has 0 unspecified atom stereocenters. The van der Waals surface area contributed by atoms with E-state index in [9.17, 15) is 18.0 Å². The summed E-state index contributed by atoms with van der Waals surface area (Å²) < 4.78 is 46.9. The van der Waals surface area contributed by atoms with Crippen LogP contribution >= 0.6 is 45.3 Å². The van der Waals surface area contributed by atoms with Crippen LogP contribution in [0.3, 0.4) is 0 Å². The Balaban J connectivity index is 1.20. The van der Waals surface area contributed by atoms with E-state index in [1.807, 2.05) is 12.1 Å². The van der Waals surface area contributed by atoms with Crippen molar-refractivity contribution in [2.24, 2.45) is 0 Å². The Labute approximate surface area is 251 Å². The van der Waals surface area contributed by atoms with Crippen LogP contribution in [-0.2, 0) is 19.0 Å². The summed E-state index contributed by atoms with van der Waals surface area (Å²) >= 11 is 6.70. The van der Waals surface area contributed by atoms with Gasteiger partial charge in [0.25, 0.3) is 0 Å². The average molecular weight is 625 g/mol. The second-order valence-corrected chi connectivity index (χ2v) is 14.3. The van der Waals surface area contributed by atoms with Crippen molar-refractivity contribution in [3.8, 4) is 26.6 Å². The van der Waals surface area contributed by atoms with Gasteiger partial charge in [0.1, 0.15) is 5.75 Å². The summed E-state index contributed by atoms with van der Waals surface area (Å²) in [4.78, 5) is 18.3. The highest BCUT2D eigenvalue weighted by Gasteiger charge is 2.30. The SMILES string of the molecule is COc1cc(-c2ccc(C(F)(F)F)cc2)sc1Cc1cc2sc(Cc3sc(-c4ccc(C)cc4)cc3C=O)cc2s1. The summed E-state index contributed by atoms with van der Waals surface area (Å²) in [7, 11) is 1.61. The first kappa shape index (κ1) is 27.9. The molecule has 2 aromatic carbocycles. The first-order valence-electron chi connectivity index (χ1n) is 12.7. The Morgan fingerprint density at radius 2 is 1.27 bits per heavy atom. The molecule has 0 N–H and O–H groups in total. The van der Waals surface area contributed by atoms with E-state index in [1.54, 1.807) is 52.5 Å². The molecule has 0 radical (unpaired) electrons. The minimum atomic E-state index is -4.35. The highest BCUT2D eigenvalue weighted by molar-refractivity contribution is 7.28. The zero-order valence-corrected chi connectivity index (χ0v) is 25.3. The average Bonchev–Trinajstić information content (AvgIpc) is 3.72. The number of carbonyl (C=O) groups excluding carboxylic acids is 1. The number of ether oxygens (including phenoxy) is 1. The van der Waals surface area contributed by atoms with E-state index >= 15 is 0 Å². The van der Waals surface area contributed by atoms with Crippen LogP contribution in [0.5, 0.6) is 5.75 Å². The fraction of sp³-hybridized carbons (Fsp3) is 0.156. The van der Waals surface area contributed by atoms with E-state index < -0.39 is 11.7 Å². The molecular formula is C32H23F3O2S4. The van der Waals surface area contributed by atoms with Crippen LogP contribution in [0.25, 0.3) is 30.3 Å². The number of benzene rings is 2. The van der Waals surface area contributed by atoms with Crippen molar-refractivity contribution in [1.29, 1.82) is 0 Å².